The predicted octanol–water partition coefficient (Wildman–Crippen LogP) is 8.27. The van der Waals surface area contributed by atoms with Crippen LogP contribution in [0.15, 0.2) is 137 Å². The second kappa shape index (κ2) is 14.7. The molecule has 1 aliphatic heterocycles. The van der Waals surface area contributed by atoms with Gasteiger partial charge in [-0.15, -0.1) is 11.3 Å². The molecule has 0 bridgehead atoms. The first-order valence-electron chi connectivity index (χ1n) is 15.7. The molecule has 3 atom stereocenters. The Labute approximate surface area is 288 Å². The number of para-hydroxylation sites is 1. The van der Waals surface area contributed by atoms with Gasteiger partial charge < -0.3 is 14.6 Å². The fourth-order valence-electron chi connectivity index (χ4n) is 5.69. The van der Waals surface area contributed by atoms with Gasteiger partial charge in [0.25, 0.3) is 0 Å². The van der Waals surface area contributed by atoms with Gasteiger partial charge in [-0.05, 0) is 64.2 Å². The minimum absolute atomic E-state index is 0.00807. The molecular weight excluding hydrogens is 661 g/mol. The van der Waals surface area contributed by atoms with Gasteiger partial charge >= 0.3 is 0 Å². The van der Waals surface area contributed by atoms with Gasteiger partial charge in [-0.1, -0.05) is 103 Å². The average Bonchev–Trinajstić information content (AvgIpc) is 3.57. The number of ether oxygens (including phenoxy) is 2. The molecule has 7 rings (SSSR count). The molecule has 48 heavy (non-hydrogen) atoms. The Kier molecular flexibility index (Phi) is 10.0. The summed E-state index contributed by atoms with van der Waals surface area (Å²) in [7, 11) is -3.62. The van der Waals surface area contributed by atoms with Crippen LogP contribution in [0.2, 0.25) is 0 Å². The van der Waals surface area contributed by atoms with E-state index in [1.165, 1.54) is 4.70 Å². The maximum Gasteiger partial charge on any atom is 0.240 e. The Morgan fingerprint density at radius 2 is 1.54 bits per heavy atom. The SMILES string of the molecule is O=S(=O)(NCc1cccc(-c2cccc([C@@H]3O[C@H](CSc4nc5ccccc5s4)C[C@H](c4ccc(CO)cc4)O3)c2)c1)c1ccccc1. The van der Waals surface area contributed by atoms with Crippen LogP contribution in [-0.2, 0) is 32.6 Å². The fraction of sp³-hybridized carbons (Fsp3) is 0.184. The van der Waals surface area contributed by atoms with Crippen LogP contribution in [-0.4, -0.2) is 30.4 Å². The predicted molar refractivity (Wildman–Crippen MR) is 191 cm³/mol. The highest BCUT2D eigenvalue weighted by Gasteiger charge is 2.32. The van der Waals surface area contributed by atoms with E-state index in [4.69, 9.17) is 14.5 Å². The van der Waals surface area contributed by atoms with Gasteiger partial charge in [-0.2, -0.15) is 0 Å². The summed E-state index contributed by atoms with van der Waals surface area (Å²) >= 11 is 3.40. The first-order valence-corrected chi connectivity index (χ1v) is 18.9. The van der Waals surface area contributed by atoms with E-state index in [0.717, 1.165) is 49.0 Å². The summed E-state index contributed by atoms with van der Waals surface area (Å²) < 4.78 is 43.7. The van der Waals surface area contributed by atoms with E-state index in [1.807, 2.05) is 84.9 Å². The third-order valence-corrected chi connectivity index (χ3v) is 11.9. The van der Waals surface area contributed by atoms with Crippen molar-refractivity contribution in [2.75, 3.05) is 5.75 Å². The Morgan fingerprint density at radius 3 is 2.33 bits per heavy atom. The normalized spacial score (nSPS) is 18.2. The number of nitrogens with one attached hydrogen (secondary N) is 1. The number of thiazole rings is 1. The molecule has 2 N–H and O–H groups in total. The van der Waals surface area contributed by atoms with Crippen molar-refractivity contribution in [3.05, 3.63) is 150 Å². The molecule has 7 nitrogen and oxygen atoms in total. The largest absolute Gasteiger partial charge is 0.392 e. The van der Waals surface area contributed by atoms with Gasteiger partial charge in [0, 0.05) is 24.3 Å². The van der Waals surface area contributed by atoms with Gasteiger partial charge in [0.05, 0.1) is 33.9 Å². The summed E-state index contributed by atoms with van der Waals surface area (Å²) in [5.74, 6) is 0.728. The number of thioether (sulfide) groups is 1. The lowest BCUT2D eigenvalue weighted by molar-refractivity contribution is -0.245. The number of fused-ring (bicyclic) bond motifs is 1. The summed E-state index contributed by atoms with van der Waals surface area (Å²) in [5.41, 5.74) is 6.58. The van der Waals surface area contributed by atoms with E-state index < -0.39 is 16.3 Å². The molecule has 2 heterocycles. The van der Waals surface area contributed by atoms with Crippen molar-refractivity contribution in [2.45, 2.75) is 47.3 Å². The molecule has 0 radical (unpaired) electrons. The van der Waals surface area contributed by atoms with E-state index in [0.29, 0.717) is 6.42 Å². The maximum absolute atomic E-state index is 12.8. The highest BCUT2D eigenvalue weighted by atomic mass is 32.2. The van der Waals surface area contributed by atoms with Gasteiger partial charge in [0.15, 0.2) is 10.6 Å². The second-order valence-corrected chi connectivity index (χ2v) is 15.6. The van der Waals surface area contributed by atoms with E-state index in [2.05, 4.69) is 16.9 Å². The highest BCUT2D eigenvalue weighted by molar-refractivity contribution is 8.01. The first-order chi connectivity index (χ1) is 23.4. The van der Waals surface area contributed by atoms with Crippen LogP contribution in [0.1, 0.15) is 41.1 Å². The summed E-state index contributed by atoms with van der Waals surface area (Å²) in [6.07, 6.45) is -0.189. The summed E-state index contributed by atoms with van der Waals surface area (Å²) in [5, 5.41) is 9.56. The van der Waals surface area contributed by atoms with Gasteiger partial charge in [-0.25, -0.2) is 18.1 Å². The lowest BCUT2D eigenvalue weighted by Gasteiger charge is -2.36. The quantitative estimate of drug-likeness (QED) is 0.132. The van der Waals surface area contributed by atoms with Crippen LogP contribution in [0.5, 0.6) is 0 Å². The first kappa shape index (κ1) is 32.7. The zero-order valence-corrected chi connectivity index (χ0v) is 28.4. The number of aromatic nitrogens is 1. The van der Waals surface area contributed by atoms with Crippen molar-refractivity contribution in [1.29, 1.82) is 0 Å². The van der Waals surface area contributed by atoms with Crippen LogP contribution >= 0.6 is 23.1 Å². The van der Waals surface area contributed by atoms with Gasteiger partial charge in [-0.3, -0.25) is 0 Å². The second-order valence-electron chi connectivity index (χ2n) is 11.6. The van der Waals surface area contributed by atoms with Gasteiger partial charge in [0.2, 0.25) is 10.0 Å². The summed E-state index contributed by atoms with van der Waals surface area (Å²) in [6.45, 7) is 0.163. The third kappa shape index (κ3) is 7.71. The lowest BCUT2D eigenvalue weighted by atomic mass is 9.99. The summed E-state index contributed by atoms with van der Waals surface area (Å²) in [6, 6.07) is 40.4. The summed E-state index contributed by atoms with van der Waals surface area (Å²) in [4.78, 5) is 5.03. The van der Waals surface area contributed by atoms with Gasteiger partial charge in [0.1, 0.15) is 0 Å². The smallest absolute Gasteiger partial charge is 0.240 e. The average molecular weight is 695 g/mol. The number of aliphatic hydroxyl groups excluding tert-OH is 1. The topological polar surface area (TPSA) is 97.8 Å². The molecule has 1 saturated heterocycles. The molecule has 1 aromatic heterocycles. The third-order valence-electron chi connectivity index (χ3n) is 8.22. The number of benzene rings is 5. The van der Waals surface area contributed by atoms with Crippen molar-refractivity contribution < 1.29 is 23.0 Å². The molecule has 0 aliphatic carbocycles. The van der Waals surface area contributed by atoms with Crippen molar-refractivity contribution in [2.24, 2.45) is 0 Å². The van der Waals surface area contributed by atoms with E-state index in [9.17, 15) is 13.5 Å². The number of hydrogen-bond acceptors (Lipinski definition) is 8. The number of nitrogens with zero attached hydrogens (tertiary/aromatic N) is 1. The Hall–Kier alpha value is -3.87. The van der Waals surface area contributed by atoms with Crippen molar-refractivity contribution in [1.82, 2.24) is 9.71 Å². The van der Waals surface area contributed by atoms with Crippen LogP contribution < -0.4 is 4.72 Å². The zero-order valence-electron chi connectivity index (χ0n) is 25.9. The molecular formula is C38H34N2O5S3. The van der Waals surface area contributed by atoms with E-state index in [-0.39, 0.29) is 30.3 Å². The highest BCUT2D eigenvalue weighted by Crippen LogP contribution is 2.41. The van der Waals surface area contributed by atoms with Crippen LogP contribution in [0, 0.1) is 0 Å². The number of aliphatic hydroxyl groups is 1. The van der Waals surface area contributed by atoms with Crippen LogP contribution in [0.3, 0.4) is 0 Å². The van der Waals surface area contributed by atoms with E-state index >= 15 is 0 Å². The van der Waals surface area contributed by atoms with E-state index in [1.54, 1.807) is 53.4 Å². The Balaban J connectivity index is 1.10. The molecule has 0 saturated carbocycles. The van der Waals surface area contributed by atoms with Crippen molar-refractivity contribution in [3.8, 4) is 11.1 Å². The van der Waals surface area contributed by atoms with Crippen molar-refractivity contribution in [3.63, 3.8) is 0 Å². The Bertz CT molecular complexity index is 2070. The molecule has 1 aliphatic rings. The molecule has 6 aromatic rings. The fourth-order valence-corrected chi connectivity index (χ4v) is 8.84. The lowest BCUT2D eigenvalue weighted by Crippen LogP contribution is -2.31. The minimum atomic E-state index is -3.62. The zero-order chi connectivity index (χ0) is 32.9. The molecule has 10 heteroatoms. The van der Waals surface area contributed by atoms with Crippen LogP contribution in [0.25, 0.3) is 21.3 Å². The van der Waals surface area contributed by atoms with Crippen LogP contribution in [0.4, 0.5) is 0 Å². The molecule has 0 amide bonds. The standard InChI is InChI=1S/C38H34N2O5S3/c41-24-26-16-18-28(19-17-26)35-22-32(25-46-38-40-34-14-4-5-15-36(34)47-38)44-37(45-35)31-11-7-10-30(21-31)29-9-6-8-27(20-29)23-39-48(42,43)33-12-2-1-3-13-33/h1-21,32,35,37,39,41H,22-25H2/t32-,35+,37+/m0/s1. The number of hydrogen-bond donors (Lipinski definition) is 2. The molecule has 0 spiro atoms. The molecule has 5 aromatic carbocycles. The Morgan fingerprint density at radius 1 is 0.792 bits per heavy atom. The minimum Gasteiger partial charge on any atom is -0.392 e. The van der Waals surface area contributed by atoms with Crippen molar-refractivity contribution >= 4 is 43.3 Å². The molecule has 244 valence electrons. The molecule has 0 unspecified atom stereocenters. The monoisotopic (exact) mass is 694 g/mol. The molecule has 1 fully saturated rings. The number of rotatable bonds is 11. The maximum atomic E-state index is 12.8. The number of sulfonamides is 1.